The Hall–Kier alpha value is -0.820. The van der Waals surface area contributed by atoms with Gasteiger partial charge in [-0.1, -0.05) is 50.6 Å². The van der Waals surface area contributed by atoms with Crippen LogP contribution in [-0.4, -0.2) is 6.04 Å². The summed E-state index contributed by atoms with van der Waals surface area (Å²) in [6.07, 6.45) is 2.63. The molecule has 2 unspecified atom stereocenters. The van der Waals surface area contributed by atoms with E-state index in [4.69, 9.17) is 0 Å². The topological polar surface area (TPSA) is 12.0 Å². The van der Waals surface area contributed by atoms with Crippen LogP contribution in [0.15, 0.2) is 24.3 Å². The van der Waals surface area contributed by atoms with Gasteiger partial charge in [0, 0.05) is 12.1 Å². The van der Waals surface area contributed by atoms with E-state index in [-0.39, 0.29) is 0 Å². The van der Waals surface area contributed by atoms with Gasteiger partial charge in [0.1, 0.15) is 0 Å². The van der Waals surface area contributed by atoms with Crippen LogP contribution in [0.3, 0.4) is 0 Å². The lowest BCUT2D eigenvalue weighted by Gasteiger charge is -2.24. The lowest BCUT2D eigenvalue weighted by atomic mass is 9.91. The van der Waals surface area contributed by atoms with Crippen LogP contribution in [0.1, 0.15) is 57.7 Å². The van der Waals surface area contributed by atoms with Crippen LogP contribution in [0, 0.1) is 18.3 Å². The van der Waals surface area contributed by atoms with Gasteiger partial charge >= 0.3 is 0 Å². The van der Waals surface area contributed by atoms with E-state index in [0.717, 1.165) is 5.92 Å². The molecule has 0 spiro atoms. The summed E-state index contributed by atoms with van der Waals surface area (Å²) >= 11 is 0. The first-order chi connectivity index (χ1) is 8.37. The Morgan fingerprint density at radius 3 is 2.28 bits per heavy atom. The quantitative estimate of drug-likeness (QED) is 0.828. The molecule has 18 heavy (non-hydrogen) atoms. The Morgan fingerprint density at radius 2 is 1.78 bits per heavy atom. The molecule has 2 rings (SSSR count). The number of benzene rings is 1. The summed E-state index contributed by atoms with van der Waals surface area (Å²) in [6.45, 7) is 11.6. The molecule has 1 aromatic rings. The zero-order chi connectivity index (χ0) is 13.3. The van der Waals surface area contributed by atoms with Crippen molar-refractivity contribution in [1.82, 2.24) is 5.32 Å². The molecule has 0 radical (unpaired) electrons. The highest BCUT2D eigenvalue weighted by Crippen LogP contribution is 2.41. The second kappa shape index (κ2) is 5.05. The second-order valence-corrected chi connectivity index (χ2v) is 6.96. The van der Waals surface area contributed by atoms with Crippen molar-refractivity contribution in [3.05, 3.63) is 35.4 Å². The molecule has 1 aromatic carbocycles. The van der Waals surface area contributed by atoms with E-state index in [2.05, 4.69) is 64.2 Å². The lowest BCUT2D eigenvalue weighted by Crippen LogP contribution is -2.33. The summed E-state index contributed by atoms with van der Waals surface area (Å²) in [5, 5.41) is 3.82. The van der Waals surface area contributed by atoms with E-state index in [9.17, 15) is 0 Å². The Labute approximate surface area is 112 Å². The van der Waals surface area contributed by atoms with Crippen molar-refractivity contribution in [1.29, 1.82) is 0 Å². The van der Waals surface area contributed by atoms with Crippen molar-refractivity contribution in [2.45, 2.75) is 59.5 Å². The number of hydrogen-bond acceptors (Lipinski definition) is 1. The highest BCUT2D eigenvalue weighted by molar-refractivity contribution is 5.23. The van der Waals surface area contributed by atoms with Crippen LogP contribution in [0.5, 0.6) is 0 Å². The fraction of sp³-hybridized carbons (Fsp3) is 0.647. The molecule has 1 fully saturated rings. The van der Waals surface area contributed by atoms with Crippen molar-refractivity contribution >= 4 is 0 Å². The number of hydrogen-bond donors (Lipinski definition) is 1. The lowest BCUT2D eigenvalue weighted by molar-refractivity contribution is 0.356. The largest absolute Gasteiger partial charge is 0.307 e. The van der Waals surface area contributed by atoms with Crippen molar-refractivity contribution in [3.8, 4) is 0 Å². The molecule has 1 N–H and O–H groups in total. The van der Waals surface area contributed by atoms with E-state index < -0.39 is 0 Å². The predicted octanol–water partition coefficient (Wildman–Crippen LogP) is 4.47. The van der Waals surface area contributed by atoms with E-state index in [0.29, 0.717) is 17.5 Å². The maximum Gasteiger partial charge on any atom is 0.0294 e. The third kappa shape index (κ3) is 3.14. The molecular formula is C17H27N. The first-order valence-electron chi connectivity index (χ1n) is 7.20. The van der Waals surface area contributed by atoms with Gasteiger partial charge in [-0.3, -0.25) is 0 Å². The molecule has 0 heterocycles. The Kier molecular flexibility index (Phi) is 3.82. The maximum absolute atomic E-state index is 3.82. The molecule has 0 bridgehead atoms. The fourth-order valence-electron chi connectivity index (χ4n) is 3.39. The summed E-state index contributed by atoms with van der Waals surface area (Å²) in [6, 6.07) is 10.0. The van der Waals surface area contributed by atoms with E-state index in [1.165, 1.54) is 24.0 Å². The van der Waals surface area contributed by atoms with Gasteiger partial charge in [0.05, 0.1) is 0 Å². The second-order valence-electron chi connectivity index (χ2n) is 6.96. The first-order valence-corrected chi connectivity index (χ1v) is 7.20. The average Bonchev–Trinajstić information content (AvgIpc) is 2.52. The highest BCUT2D eigenvalue weighted by atomic mass is 15.0. The summed E-state index contributed by atoms with van der Waals surface area (Å²) in [5.74, 6) is 0.785. The van der Waals surface area contributed by atoms with Crippen LogP contribution in [0.4, 0.5) is 0 Å². The zero-order valence-electron chi connectivity index (χ0n) is 12.5. The monoisotopic (exact) mass is 245 g/mol. The molecule has 1 nitrogen and oxygen atoms in total. The highest BCUT2D eigenvalue weighted by Gasteiger charge is 2.36. The molecule has 0 aromatic heterocycles. The minimum absolute atomic E-state index is 0.451. The molecule has 0 amide bonds. The van der Waals surface area contributed by atoms with Gasteiger partial charge in [-0.25, -0.2) is 0 Å². The van der Waals surface area contributed by atoms with Crippen LogP contribution >= 0.6 is 0 Å². The van der Waals surface area contributed by atoms with Crippen LogP contribution < -0.4 is 5.32 Å². The maximum atomic E-state index is 3.82. The molecule has 1 saturated carbocycles. The summed E-state index contributed by atoms with van der Waals surface area (Å²) < 4.78 is 0. The van der Waals surface area contributed by atoms with Crippen molar-refractivity contribution in [2.75, 3.05) is 0 Å². The van der Waals surface area contributed by atoms with Crippen LogP contribution in [0.25, 0.3) is 0 Å². The number of nitrogens with one attached hydrogen (secondary N) is 1. The van der Waals surface area contributed by atoms with Gasteiger partial charge in [0.15, 0.2) is 0 Å². The average molecular weight is 245 g/mol. The minimum Gasteiger partial charge on any atom is -0.307 e. The standard InChI is InChI=1S/C17H27N/c1-12-6-8-15(9-7-12)14(3)18-16-11-17(4,5)10-13(16)2/h6-9,13-14,16,18H,10-11H2,1-5H3/t13?,14-,16?/m0/s1. The zero-order valence-corrected chi connectivity index (χ0v) is 12.5. The molecule has 1 aliphatic rings. The van der Waals surface area contributed by atoms with E-state index in [1.54, 1.807) is 0 Å². The smallest absolute Gasteiger partial charge is 0.0294 e. The first kappa shape index (κ1) is 13.6. The van der Waals surface area contributed by atoms with Gasteiger partial charge in [0.25, 0.3) is 0 Å². The van der Waals surface area contributed by atoms with Crippen molar-refractivity contribution < 1.29 is 0 Å². The normalized spacial score (nSPS) is 28.3. The molecular weight excluding hydrogens is 218 g/mol. The molecule has 100 valence electrons. The molecule has 0 aliphatic heterocycles. The molecule has 3 atom stereocenters. The van der Waals surface area contributed by atoms with Gasteiger partial charge in [-0.2, -0.15) is 0 Å². The van der Waals surface area contributed by atoms with Gasteiger partial charge in [-0.05, 0) is 43.6 Å². The fourth-order valence-corrected chi connectivity index (χ4v) is 3.39. The van der Waals surface area contributed by atoms with Gasteiger partial charge in [0.2, 0.25) is 0 Å². The summed E-state index contributed by atoms with van der Waals surface area (Å²) in [5.41, 5.74) is 3.24. The Morgan fingerprint density at radius 1 is 1.17 bits per heavy atom. The molecule has 1 heteroatoms. The van der Waals surface area contributed by atoms with Crippen molar-refractivity contribution in [2.24, 2.45) is 11.3 Å². The van der Waals surface area contributed by atoms with Gasteiger partial charge < -0.3 is 5.32 Å². The van der Waals surface area contributed by atoms with Crippen molar-refractivity contribution in [3.63, 3.8) is 0 Å². The van der Waals surface area contributed by atoms with Gasteiger partial charge in [-0.15, -0.1) is 0 Å². The Balaban J connectivity index is 1.99. The predicted molar refractivity (Wildman–Crippen MR) is 78.7 cm³/mol. The number of rotatable bonds is 3. The summed E-state index contributed by atoms with van der Waals surface area (Å²) in [7, 11) is 0. The third-order valence-electron chi connectivity index (χ3n) is 4.38. The Bertz CT molecular complexity index is 391. The SMILES string of the molecule is Cc1ccc([C@H](C)NC2CC(C)(C)CC2C)cc1. The van der Waals surface area contributed by atoms with Crippen LogP contribution in [-0.2, 0) is 0 Å². The van der Waals surface area contributed by atoms with E-state index in [1.807, 2.05) is 0 Å². The number of aryl methyl sites for hydroxylation is 1. The minimum atomic E-state index is 0.451. The summed E-state index contributed by atoms with van der Waals surface area (Å²) in [4.78, 5) is 0. The van der Waals surface area contributed by atoms with Crippen LogP contribution in [0.2, 0.25) is 0 Å². The third-order valence-corrected chi connectivity index (χ3v) is 4.38. The molecule has 0 saturated heterocycles. The molecule has 1 aliphatic carbocycles. The van der Waals surface area contributed by atoms with E-state index >= 15 is 0 Å².